The summed E-state index contributed by atoms with van der Waals surface area (Å²) in [5, 5.41) is 1.19. The van der Waals surface area contributed by atoms with Crippen molar-refractivity contribution in [2.24, 2.45) is 5.92 Å². The van der Waals surface area contributed by atoms with E-state index >= 15 is 0 Å². The second-order valence-electron chi connectivity index (χ2n) is 6.71. The third-order valence-electron chi connectivity index (χ3n) is 5.31. The molecule has 3 heterocycles. The molecule has 1 aromatic heterocycles. The minimum atomic E-state index is -0.298. The number of fused-ring (bicyclic) bond motifs is 5. The highest BCUT2D eigenvalue weighted by Crippen LogP contribution is 2.36. The van der Waals surface area contributed by atoms with Gasteiger partial charge in [-0.3, -0.25) is 4.79 Å². The first kappa shape index (κ1) is 13.6. The maximum absolute atomic E-state index is 12.5. The minimum absolute atomic E-state index is 0.186. The van der Waals surface area contributed by atoms with Crippen LogP contribution in [0, 0.1) is 5.92 Å². The van der Waals surface area contributed by atoms with E-state index in [4.69, 9.17) is 6.11 Å². The number of methoxy groups -OCH3 is 1. The number of para-hydroxylation sites is 1. The van der Waals surface area contributed by atoms with Crippen LogP contribution in [0.1, 0.15) is 37.8 Å². The predicted molar refractivity (Wildman–Crippen MR) is 90.5 cm³/mol. The highest BCUT2D eigenvalue weighted by atomic mass is 16.5. The standard InChI is InChI=1S/C19H24N2O2/c1-23-19(22)16-11-13-5-4-9-21(12-13)10-8-15-14-6-2-3-7-17(14)20-18(15)16/h2-3,6-7,13,16,20H,4-5,8-12H2,1H3/t13-,16+/m0/s1/i12D/t12?,13-,16+. The van der Waals surface area contributed by atoms with Gasteiger partial charge in [-0.25, -0.2) is 0 Å². The fraction of sp³-hybridized carbons (Fsp3) is 0.526. The minimum Gasteiger partial charge on any atom is -0.469 e. The van der Waals surface area contributed by atoms with Crippen LogP contribution in [0.5, 0.6) is 0 Å². The van der Waals surface area contributed by atoms with Gasteiger partial charge in [0.15, 0.2) is 0 Å². The van der Waals surface area contributed by atoms with E-state index in [1.165, 1.54) is 18.1 Å². The molecule has 4 atom stereocenters. The number of esters is 1. The van der Waals surface area contributed by atoms with Crippen molar-refractivity contribution in [1.29, 1.82) is 0 Å². The molecule has 2 aromatic rings. The molecule has 23 heavy (non-hydrogen) atoms. The second-order valence-corrected chi connectivity index (χ2v) is 6.71. The van der Waals surface area contributed by atoms with Gasteiger partial charge in [0.1, 0.15) is 0 Å². The maximum Gasteiger partial charge on any atom is 0.314 e. The number of carbonyl (C=O) groups is 1. The maximum atomic E-state index is 12.5. The van der Waals surface area contributed by atoms with E-state index in [1.54, 1.807) is 0 Å². The lowest BCUT2D eigenvalue weighted by Crippen LogP contribution is -2.36. The topological polar surface area (TPSA) is 45.3 Å². The Balaban J connectivity index is 1.84. The third-order valence-corrected chi connectivity index (χ3v) is 5.31. The number of carbonyl (C=O) groups excluding carboxylic acids is 1. The van der Waals surface area contributed by atoms with Gasteiger partial charge < -0.3 is 14.6 Å². The van der Waals surface area contributed by atoms with Crippen LogP contribution in [0.3, 0.4) is 0 Å². The average molecular weight is 313 g/mol. The largest absolute Gasteiger partial charge is 0.469 e. The molecule has 0 radical (unpaired) electrons. The number of ether oxygens (including phenoxy) is 1. The van der Waals surface area contributed by atoms with E-state index in [2.05, 4.69) is 22.0 Å². The molecule has 2 aliphatic rings. The molecule has 4 nitrogen and oxygen atoms in total. The van der Waals surface area contributed by atoms with Crippen LogP contribution in [-0.4, -0.2) is 42.6 Å². The molecule has 0 amide bonds. The Morgan fingerprint density at radius 2 is 2.26 bits per heavy atom. The third kappa shape index (κ3) is 2.65. The predicted octanol–water partition coefficient (Wildman–Crippen LogP) is 3.08. The van der Waals surface area contributed by atoms with Crippen LogP contribution in [-0.2, 0) is 16.0 Å². The van der Waals surface area contributed by atoms with Crippen molar-refractivity contribution in [3.8, 4) is 0 Å². The summed E-state index contributed by atoms with van der Waals surface area (Å²) in [5.74, 6) is -0.262. The van der Waals surface area contributed by atoms with Crippen LogP contribution in [0.2, 0.25) is 0 Å². The number of aromatic amines is 1. The van der Waals surface area contributed by atoms with E-state index in [0.717, 1.165) is 43.6 Å². The van der Waals surface area contributed by atoms with E-state index in [0.29, 0.717) is 6.42 Å². The van der Waals surface area contributed by atoms with Gasteiger partial charge in [0, 0.05) is 31.0 Å². The van der Waals surface area contributed by atoms with Crippen molar-refractivity contribution < 1.29 is 10.9 Å². The monoisotopic (exact) mass is 313 g/mol. The summed E-state index contributed by atoms with van der Waals surface area (Å²) in [6, 6.07) is 8.25. The SMILES string of the molecule is [2H]C1[C@H]2CCCN1CCc1c([nH]c3ccccc13)[C@H](C(=O)OC)C2. The summed E-state index contributed by atoms with van der Waals surface area (Å²) in [7, 11) is 1.46. The molecule has 4 heteroatoms. The average Bonchev–Trinajstić information content (AvgIpc) is 2.97. The molecule has 1 aromatic carbocycles. The van der Waals surface area contributed by atoms with Crippen molar-refractivity contribution in [3.63, 3.8) is 0 Å². The zero-order valence-electron chi connectivity index (χ0n) is 14.5. The molecule has 1 fully saturated rings. The smallest absolute Gasteiger partial charge is 0.314 e. The Morgan fingerprint density at radius 1 is 1.39 bits per heavy atom. The fourth-order valence-electron chi connectivity index (χ4n) is 4.19. The lowest BCUT2D eigenvalue weighted by molar-refractivity contribution is -0.143. The molecular weight excluding hydrogens is 288 g/mol. The van der Waals surface area contributed by atoms with Gasteiger partial charge in [0.2, 0.25) is 0 Å². The molecule has 4 rings (SSSR count). The van der Waals surface area contributed by atoms with Gasteiger partial charge in [-0.2, -0.15) is 0 Å². The van der Waals surface area contributed by atoms with Gasteiger partial charge in [-0.05, 0) is 49.8 Å². The van der Waals surface area contributed by atoms with Crippen LogP contribution in [0.15, 0.2) is 24.3 Å². The highest BCUT2D eigenvalue weighted by Gasteiger charge is 2.33. The van der Waals surface area contributed by atoms with Gasteiger partial charge >= 0.3 is 5.97 Å². The van der Waals surface area contributed by atoms with Gasteiger partial charge in [-0.1, -0.05) is 18.2 Å². The number of benzene rings is 1. The normalized spacial score (nSPS) is 31.4. The van der Waals surface area contributed by atoms with Crippen molar-refractivity contribution in [2.75, 3.05) is 26.7 Å². The molecule has 2 aliphatic heterocycles. The number of rotatable bonds is 1. The molecule has 2 unspecified atom stereocenters. The molecule has 0 aliphatic carbocycles. The molecule has 0 spiro atoms. The summed E-state index contributed by atoms with van der Waals surface area (Å²) < 4.78 is 13.7. The fourth-order valence-corrected chi connectivity index (χ4v) is 4.19. The van der Waals surface area contributed by atoms with Gasteiger partial charge in [0.25, 0.3) is 0 Å². The first-order chi connectivity index (χ1) is 11.7. The Kier molecular flexibility index (Phi) is 3.55. The zero-order valence-corrected chi connectivity index (χ0v) is 13.5. The summed E-state index contributed by atoms with van der Waals surface area (Å²) in [6.45, 7) is 1.67. The van der Waals surface area contributed by atoms with Crippen molar-refractivity contribution in [3.05, 3.63) is 35.5 Å². The summed E-state index contributed by atoms with van der Waals surface area (Å²) in [6.07, 6.45) is 3.70. The van der Waals surface area contributed by atoms with Gasteiger partial charge in [0.05, 0.1) is 13.0 Å². The second kappa shape index (κ2) is 6.00. The van der Waals surface area contributed by atoms with Crippen LogP contribution in [0.4, 0.5) is 0 Å². The number of hydrogen-bond acceptors (Lipinski definition) is 3. The van der Waals surface area contributed by atoms with Crippen LogP contribution < -0.4 is 0 Å². The number of piperidine rings is 1. The first-order valence-electron chi connectivity index (χ1n) is 9.10. The Hall–Kier alpha value is -1.81. The lowest BCUT2D eigenvalue weighted by Gasteiger charge is -2.32. The first-order valence-corrected chi connectivity index (χ1v) is 8.52. The highest BCUT2D eigenvalue weighted by molar-refractivity contribution is 5.88. The number of nitrogens with one attached hydrogen (secondary N) is 1. The van der Waals surface area contributed by atoms with Crippen LogP contribution >= 0.6 is 0 Å². The summed E-state index contributed by atoms with van der Waals surface area (Å²) >= 11 is 0. The zero-order chi connectivity index (χ0) is 16.7. The quantitative estimate of drug-likeness (QED) is 0.823. The van der Waals surface area contributed by atoms with E-state index in [-0.39, 0.29) is 24.3 Å². The number of hydrogen-bond donors (Lipinski definition) is 1. The Labute approximate surface area is 138 Å². The van der Waals surface area contributed by atoms with Gasteiger partial charge in [-0.15, -0.1) is 0 Å². The van der Waals surface area contributed by atoms with E-state index in [9.17, 15) is 4.79 Å². The van der Waals surface area contributed by atoms with E-state index in [1.807, 2.05) is 12.1 Å². The molecule has 1 N–H and O–H groups in total. The van der Waals surface area contributed by atoms with Crippen molar-refractivity contribution >= 4 is 16.9 Å². The van der Waals surface area contributed by atoms with Crippen molar-refractivity contribution in [1.82, 2.24) is 9.88 Å². The Bertz CT molecular complexity index is 757. The number of nitrogens with zero attached hydrogens (tertiary/aromatic N) is 1. The molecule has 1 saturated heterocycles. The molecule has 2 bridgehead atoms. The molecule has 122 valence electrons. The molecule has 0 saturated carbocycles. The Morgan fingerprint density at radius 3 is 3.13 bits per heavy atom. The summed E-state index contributed by atoms with van der Waals surface area (Å²) in [5.41, 5.74) is 3.31. The lowest BCUT2D eigenvalue weighted by atomic mass is 9.86. The molecular formula is C19H24N2O2. The van der Waals surface area contributed by atoms with Crippen LogP contribution in [0.25, 0.3) is 10.9 Å². The number of H-pyrrole nitrogens is 1. The summed E-state index contributed by atoms with van der Waals surface area (Å²) in [4.78, 5) is 18.3. The van der Waals surface area contributed by atoms with E-state index < -0.39 is 0 Å². The number of aromatic nitrogens is 1. The van der Waals surface area contributed by atoms with Crippen molar-refractivity contribution in [2.45, 2.75) is 31.6 Å².